The summed E-state index contributed by atoms with van der Waals surface area (Å²) in [6, 6.07) is 9.80. The molecule has 4 heteroatoms. The Hall–Kier alpha value is -2.23. The highest BCUT2D eigenvalue weighted by Crippen LogP contribution is 2.22. The molecule has 0 aliphatic rings. The second kappa shape index (κ2) is 5.40. The van der Waals surface area contributed by atoms with Crippen LogP contribution in [-0.4, -0.2) is 19.1 Å². The summed E-state index contributed by atoms with van der Waals surface area (Å²) in [5.41, 5.74) is 3.86. The maximum absolute atomic E-state index is 4.22. The fraction of sp³-hybridized carbons (Fsp3) is 0.214. The minimum absolute atomic E-state index is 0.844. The van der Waals surface area contributed by atoms with Crippen molar-refractivity contribution in [3.05, 3.63) is 48.3 Å². The van der Waals surface area contributed by atoms with Crippen molar-refractivity contribution in [3.63, 3.8) is 0 Å². The lowest BCUT2D eigenvalue weighted by molar-refractivity contribution is 1.13. The van der Waals surface area contributed by atoms with Crippen molar-refractivity contribution in [2.45, 2.75) is 6.92 Å². The molecule has 1 heterocycles. The largest absolute Gasteiger partial charge is 0.378 e. The lowest BCUT2D eigenvalue weighted by Crippen LogP contribution is -2.07. The first kappa shape index (κ1) is 12.2. The molecule has 0 fully saturated rings. The molecule has 0 saturated heterocycles. The monoisotopic (exact) mass is 240 g/mol. The first-order chi connectivity index (χ1) is 8.66. The maximum Gasteiger partial charge on any atom is 0.0916 e. The third-order valence-electron chi connectivity index (χ3n) is 2.63. The number of hydrogen-bond acceptors (Lipinski definition) is 4. The van der Waals surface area contributed by atoms with Crippen LogP contribution in [0.3, 0.4) is 0 Å². The Balaban J connectivity index is 2.17. The number of aromatic nitrogens is 1. The van der Waals surface area contributed by atoms with Crippen LogP contribution >= 0.6 is 0 Å². The van der Waals surface area contributed by atoms with E-state index in [1.807, 2.05) is 56.3 Å². The Labute approximate surface area is 107 Å². The van der Waals surface area contributed by atoms with Crippen LogP contribution in [0.5, 0.6) is 0 Å². The van der Waals surface area contributed by atoms with Gasteiger partial charge in [-0.2, -0.15) is 10.2 Å². The first-order valence-electron chi connectivity index (χ1n) is 5.76. The van der Waals surface area contributed by atoms with Gasteiger partial charge in [0.1, 0.15) is 0 Å². The van der Waals surface area contributed by atoms with E-state index in [-0.39, 0.29) is 0 Å². The molecule has 0 atom stereocenters. The van der Waals surface area contributed by atoms with E-state index in [0.29, 0.717) is 0 Å². The van der Waals surface area contributed by atoms with Crippen molar-refractivity contribution in [2.24, 2.45) is 10.2 Å². The third kappa shape index (κ3) is 2.91. The van der Waals surface area contributed by atoms with Crippen molar-refractivity contribution < 1.29 is 0 Å². The number of nitrogens with zero attached hydrogens (tertiary/aromatic N) is 4. The lowest BCUT2D eigenvalue weighted by Gasteiger charge is -2.11. The van der Waals surface area contributed by atoms with Gasteiger partial charge in [0.05, 0.1) is 11.4 Å². The zero-order valence-electron chi connectivity index (χ0n) is 10.8. The number of benzene rings is 1. The zero-order chi connectivity index (χ0) is 13.0. The Morgan fingerprint density at radius 2 is 1.72 bits per heavy atom. The van der Waals surface area contributed by atoms with Crippen LogP contribution in [0.2, 0.25) is 0 Å². The number of anilines is 1. The van der Waals surface area contributed by atoms with E-state index in [0.717, 1.165) is 22.6 Å². The smallest absolute Gasteiger partial charge is 0.0916 e. The summed E-state index contributed by atoms with van der Waals surface area (Å²) in [4.78, 5) is 6.07. The molecule has 0 radical (unpaired) electrons. The van der Waals surface area contributed by atoms with Gasteiger partial charge < -0.3 is 4.90 Å². The fourth-order valence-electron chi connectivity index (χ4n) is 1.51. The van der Waals surface area contributed by atoms with Gasteiger partial charge in [-0.15, -0.1) is 0 Å². The van der Waals surface area contributed by atoms with E-state index < -0.39 is 0 Å². The average Bonchev–Trinajstić information content (AvgIpc) is 2.38. The molecule has 0 spiro atoms. The topological polar surface area (TPSA) is 40.9 Å². The summed E-state index contributed by atoms with van der Waals surface area (Å²) in [5, 5.41) is 8.44. The summed E-state index contributed by atoms with van der Waals surface area (Å²) >= 11 is 0. The zero-order valence-corrected chi connectivity index (χ0v) is 10.8. The minimum atomic E-state index is 0.844. The van der Waals surface area contributed by atoms with E-state index in [1.165, 1.54) is 0 Å². The summed E-state index contributed by atoms with van der Waals surface area (Å²) in [6.45, 7) is 1.97. The van der Waals surface area contributed by atoms with Gasteiger partial charge in [-0.3, -0.25) is 4.98 Å². The van der Waals surface area contributed by atoms with Crippen LogP contribution < -0.4 is 4.90 Å². The fourth-order valence-corrected chi connectivity index (χ4v) is 1.51. The normalized spacial score (nSPS) is 10.8. The Morgan fingerprint density at radius 3 is 2.33 bits per heavy atom. The Bertz CT molecular complexity index is 544. The molecule has 1 aromatic carbocycles. The molecular formula is C14H16N4. The maximum atomic E-state index is 4.22. The summed E-state index contributed by atoms with van der Waals surface area (Å²) in [6.07, 6.45) is 3.50. The molecular weight excluding hydrogens is 224 g/mol. The molecule has 4 nitrogen and oxygen atoms in total. The standard InChI is InChI=1S/C14H16N4/c1-11-10-15-9-8-14(11)17-16-12-4-6-13(7-5-12)18(2)3/h4-10H,1-3H3. The minimum Gasteiger partial charge on any atom is -0.378 e. The summed E-state index contributed by atoms with van der Waals surface area (Å²) in [7, 11) is 4.02. The first-order valence-corrected chi connectivity index (χ1v) is 5.76. The summed E-state index contributed by atoms with van der Waals surface area (Å²) < 4.78 is 0. The molecule has 0 saturated carbocycles. The average molecular weight is 240 g/mol. The van der Waals surface area contributed by atoms with Crippen molar-refractivity contribution in [3.8, 4) is 0 Å². The van der Waals surface area contributed by atoms with Crippen LogP contribution in [0.1, 0.15) is 5.56 Å². The number of aryl methyl sites for hydroxylation is 1. The molecule has 2 aromatic rings. The highest BCUT2D eigenvalue weighted by atomic mass is 15.1. The van der Waals surface area contributed by atoms with Crippen LogP contribution in [0.4, 0.5) is 17.1 Å². The predicted octanol–water partition coefficient (Wildman–Crippen LogP) is 3.87. The summed E-state index contributed by atoms with van der Waals surface area (Å²) in [5.74, 6) is 0. The van der Waals surface area contributed by atoms with Gasteiger partial charge >= 0.3 is 0 Å². The molecule has 0 aliphatic carbocycles. The van der Waals surface area contributed by atoms with Gasteiger partial charge in [0.15, 0.2) is 0 Å². The van der Waals surface area contributed by atoms with Crippen molar-refractivity contribution in [2.75, 3.05) is 19.0 Å². The van der Waals surface area contributed by atoms with E-state index in [4.69, 9.17) is 0 Å². The Morgan fingerprint density at radius 1 is 1.00 bits per heavy atom. The molecule has 18 heavy (non-hydrogen) atoms. The van der Waals surface area contributed by atoms with E-state index >= 15 is 0 Å². The molecule has 0 unspecified atom stereocenters. The van der Waals surface area contributed by atoms with Crippen molar-refractivity contribution in [1.29, 1.82) is 0 Å². The van der Waals surface area contributed by atoms with Gasteiger partial charge in [-0.05, 0) is 42.8 Å². The van der Waals surface area contributed by atoms with Crippen molar-refractivity contribution in [1.82, 2.24) is 4.98 Å². The molecule has 0 bridgehead atoms. The number of azo groups is 1. The van der Waals surface area contributed by atoms with Crippen LogP contribution in [0, 0.1) is 6.92 Å². The predicted molar refractivity (Wildman–Crippen MR) is 73.9 cm³/mol. The molecule has 0 amide bonds. The van der Waals surface area contributed by atoms with Gasteiger partial charge in [-0.1, -0.05) is 0 Å². The second-order valence-corrected chi connectivity index (χ2v) is 4.27. The van der Waals surface area contributed by atoms with Gasteiger partial charge in [0, 0.05) is 32.2 Å². The van der Waals surface area contributed by atoms with Crippen LogP contribution in [0.15, 0.2) is 53.0 Å². The molecule has 2 rings (SSSR count). The van der Waals surface area contributed by atoms with E-state index in [1.54, 1.807) is 12.4 Å². The van der Waals surface area contributed by atoms with Gasteiger partial charge in [-0.25, -0.2) is 0 Å². The highest BCUT2D eigenvalue weighted by Gasteiger charge is 1.96. The number of hydrogen-bond donors (Lipinski definition) is 0. The number of rotatable bonds is 3. The molecule has 0 aliphatic heterocycles. The molecule has 0 N–H and O–H groups in total. The van der Waals surface area contributed by atoms with Gasteiger partial charge in [0.25, 0.3) is 0 Å². The van der Waals surface area contributed by atoms with E-state index in [2.05, 4.69) is 15.2 Å². The van der Waals surface area contributed by atoms with Crippen LogP contribution in [-0.2, 0) is 0 Å². The Kier molecular flexibility index (Phi) is 3.67. The van der Waals surface area contributed by atoms with Crippen LogP contribution in [0.25, 0.3) is 0 Å². The quantitative estimate of drug-likeness (QED) is 0.764. The van der Waals surface area contributed by atoms with Crippen molar-refractivity contribution >= 4 is 17.1 Å². The lowest BCUT2D eigenvalue weighted by atomic mass is 10.2. The third-order valence-corrected chi connectivity index (χ3v) is 2.63. The highest BCUT2D eigenvalue weighted by molar-refractivity contribution is 5.52. The van der Waals surface area contributed by atoms with Gasteiger partial charge in [0.2, 0.25) is 0 Å². The number of pyridine rings is 1. The van der Waals surface area contributed by atoms with E-state index in [9.17, 15) is 0 Å². The molecule has 92 valence electrons. The molecule has 1 aromatic heterocycles. The second-order valence-electron chi connectivity index (χ2n) is 4.27. The SMILES string of the molecule is Cc1cnccc1N=Nc1ccc(N(C)C)cc1.